The van der Waals surface area contributed by atoms with Crippen LogP contribution in [-0.2, 0) is 19.6 Å². The summed E-state index contributed by atoms with van der Waals surface area (Å²) in [5.74, 6) is -1.57. The van der Waals surface area contributed by atoms with Crippen LogP contribution in [0.4, 0.5) is 10.8 Å². The van der Waals surface area contributed by atoms with Crippen molar-refractivity contribution in [3.05, 3.63) is 68.1 Å². The maximum atomic E-state index is 12.6. The molecule has 0 fully saturated rings. The second kappa shape index (κ2) is 9.96. The molecule has 0 radical (unpaired) electrons. The molecule has 0 aliphatic heterocycles. The molecule has 1 amide bonds. The maximum absolute atomic E-state index is 12.6. The smallest absolute Gasteiger partial charge is 0.340 e. The Bertz CT molecular complexity index is 1230. The van der Waals surface area contributed by atoms with E-state index in [4.69, 9.17) is 27.9 Å². The highest BCUT2D eigenvalue weighted by atomic mass is 79.9. The third-order valence-corrected chi connectivity index (χ3v) is 6.97. The standard InChI is InChI=1S/C18H12BrCl2N3O5S2/c19-15-8-22-18(30-15)23-16(25)9-29-17(26)13-7-12(5-6-14(13)21)31(27,28)24-11-3-1-10(20)2-4-11/h1-8,24H,9H2,(H,22,23,25). The summed E-state index contributed by atoms with van der Waals surface area (Å²) < 4.78 is 33.3. The molecule has 1 aromatic heterocycles. The third kappa shape index (κ3) is 6.40. The molecule has 0 aliphatic carbocycles. The van der Waals surface area contributed by atoms with E-state index in [1.807, 2.05) is 0 Å². The first-order chi connectivity index (χ1) is 14.6. The van der Waals surface area contributed by atoms with Gasteiger partial charge in [-0.15, -0.1) is 0 Å². The van der Waals surface area contributed by atoms with Crippen LogP contribution in [0, 0.1) is 0 Å². The number of carbonyl (C=O) groups excluding carboxylic acids is 2. The van der Waals surface area contributed by atoms with Gasteiger partial charge in [0.05, 0.1) is 25.5 Å². The summed E-state index contributed by atoms with van der Waals surface area (Å²) in [4.78, 5) is 28.0. The zero-order chi connectivity index (χ0) is 22.6. The summed E-state index contributed by atoms with van der Waals surface area (Å²) in [6, 6.07) is 9.60. The lowest BCUT2D eigenvalue weighted by atomic mass is 10.2. The van der Waals surface area contributed by atoms with E-state index in [1.165, 1.54) is 53.9 Å². The van der Waals surface area contributed by atoms with Crippen molar-refractivity contribution in [3.8, 4) is 0 Å². The number of amides is 1. The largest absolute Gasteiger partial charge is 0.452 e. The highest BCUT2D eigenvalue weighted by molar-refractivity contribution is 9.11. The van der Waals surface area contributed by atoms with E-state index >= 15 is 0 Å². The Morgan fingerprint density at radius 1 is 1.13 bits per heavy atom. The molecule has 0 atom stereocenters. The van der Waals surface area contributed by atoms with Crippen molar-refractivity contribution in [3.63, 3.8) is 0 Å². The SMILES string of the molecule is O=C(COC(=O)c1cc(S(=O)(=O)Nc2ccc(Cl)cc2)ccc1Cl)Nc1ncc(Br)s1. The van der Waals surface area contributed by atoms with E-state index in [0.717, 1.165) is 9.85 Å². The summed E-state index contributed by atoms with van der Waals surface area (Å²) in [6.07, 6.45) is 1.51. The Labute approximate surface area is 199 Å². The maximum Gasteiger partial charge on any atom is 0.340 e. The number of nitrogens with one attached hydrogen (secondary N) is 2. The van der Waals surface area contributed by atoms with E-state index < -0.39 is 28.5 Å². The van der Waals surface area contributed by atoms with Crippen molar-refractivity contribution >= 4 is 83.2 Å². The van der Waals surface area contributed by atoms with Crippen LogP contribution < -0.4 is 10.0 Å². The molecule has 2 aromatic carbocycles. The number of hydrogen-bond acceptors (Lipinski definition) is 7. The molecular weight excluding hydrogens is 553 g/mol. The van der Waals surface area contributed by atoms with Gasteiger partial charge in [0.15, 0.2) is 11.7 Å². The molecule has 8 nitrogen and oxygen atoms in total. The predicted molar refractivity (Wildman–Crippen MR) is 122 cm³/mol. The molecule has 3 rings (SSSR count). The van der Waals surface area contributed by atoms with Crippen molar-refractivity contribution in [2.24, 2.45) is 0 Å². The normalized spacial score (nSPS) is 11.1. The number of rotatable bonds is 7. The molecule has 3 aromatic rings. The topological polar surface area (TPSA) is 114 Å². The lowest BCUT2D eigenvalue weighted by Crippen LogP contribution is -2.21. The first-order valence-corrected chi connectivity index (χ1v) is 12.1. The van der Waals surface area contributed by atoms with Gasteiger partial charge in [-0.25, -0.2) is 18.2 Å². The summed E-state index contributed by atoms with van der Waals surface area (Å²) >= 11 is 16.2. The Morgan fingerprint density at radius 3 is 2.48 bits per heavy atom. The number of hydrogen-bond donors (Lipinski definition) is 2. The Hall–Kier alpha value is -2.18. The van der Waals surface area contributed by atoms with Crippen LogP contribution in [-0.4, -0.2) is 31.9 Å². The zero-order valence-corrected chi connectivity index (χ0v) is 20.0. The quantitative estimate of drug-likeness (QED) is 0.398. The van der Waals surface area contributed by atoms with Crippen LogP contribution >= 0.6 is 50.5 Å². The van der Waals surface area contributed by atoms with Gasteiger partial charge in [0.2, 0.25) is 0 Å². The molecular formula is C18H12BrCl2N3O5S2. The molecule has 0 saturated carbocycles. The number of nitrogens with zero attached hydrogens (tertiary/aromatic N) is 1. The molecule has 2 N–H and O–H groups in total. The first-order valence-electron chi connectivity index (χ1n) is 8.30. The van der Waals surface area contributed by atoms with E-state index in [0.29, 0.717) is 10.2 Å². The summed E-state index contributed by atoms with van der Waals surface area (Å²) in [5.41, 5.74) is 0.0828. The average molecular weight is 565 g/mol. The van der Waals surface area contributed by atoms with Crippen LogP contribution in [0.1, 0.15) is 10.4 Å². The number of halogens is 3. The number of carbonyl (C=O) groups is 2. The van der Waals surface area contributed by atoms with Crippen LogP contribution in [0.5, 0.6) is 0 Å². The van der Waals surface area contributed by atoms with Crippen LogP contribution in [0.3, 0.4) is 0 Å². The van der Waals surface area contributed by atoms with Gasteiger partial charge >= 0.3 is 5.97 Å². The fraction of sp³-hybridized carbons (Fsp3) is 0.0556. The fourth-order valence-corrected chi connectivity index (χ4v) is 4.76. The summed E-state index contributed by atoms with van der Waals surface area (Å²) in [7, 11) is -4.02. The van der Waals surface area contributed by atoms with Crippen LogP contribution in [0.2, 0.25) is 10.0 Å². The van der Waals surface area contributed by atoms with Crippen LogP contribution in [0.15, 0.2) is 57.3 Å². The average Bonchev–Trinajstić information content (AvgIpc) is 3.12. The monoisotopic (exact) mass is 563 g/mol. The Balaban J connectivity index is 1.69. The predicted octanol–water partition coefficient (Wildman–Crippen LogP) is 4.81. The number of aromatic nitrogens is 1. The van der Waals surface area contributed by atoms with Crippen molar-refractivity contribution in [1.29, 1.82) is 0 Å². The minimum absolute atomic E-state index is 0.0281. The molecule has 0 aliphatic rings. The fourth-order valence-electron chi connectivity index (χ4n) is 2.24. The second-order valence-corrected chi connectivity index (χ2v) is 10.8. The molecule has 13 heteroatoms. The zero-order valence-electron chi connectivity index (χ0n) is 15.3. The Morgan fingerprint density at radius 2 is 1.84 bits per heavy atom. The molecule has 0 bridgehead atoms. The first kappa shape index (κ1) is 23.5. The van der Waals surface area contributed by atoms with Gasteiger partial charge in [-0.3, -0.25) is 14.8 Å². The van der Waals surface area contributed by atoms with Gasteiger partial charge in [0.1, 0.15) is 0 Å². The molecule has 0 spiro atoms. The number of thiazole rings is 1. The number of anilines is 2. The van der Waals surface area contributed by atoms with Gasteiger partial charge < -0.3 is 4.74 Å². The van der Waals surface area contributed by atoms with E-state index in [-0.39, 0.29) is 21.2 Å². The highest BCUT2D eigenvalue weighted by Crippen LogP contribution is 2.25. The van der Waals surface area contributed by atoms with Gasteiger partial charge in [-0.1, -0.05) is 34.5 Å². The van der Waals surface area contributed by atoms with Gasteiger partial charge in [0, 0.05) is 10.7 Å². The minimum Gasteiger partial charge on any atom is -0.452 e. The van der Waals surface area contributed by atoms with Crippen molar-refractivity contribution in [2.75, 3.05) is 16.6 Å². The van der Waals surface area contributed by atoms with E-state index in [9.17, 15) is 18.0 Å². The molecule has 1 heterocycles. The number of benzene rings is 2. The lowest BCUT2D eigenvalue weighted by Gasteiger charge is -2.11. The Kier molecular flexibility index (Phi) is 7.55. The van der Waals surface area contributed by atoms with Crippen LogP contribution in [0.25, 0.3) is 0 Å². The van der Waals surface area contributed by atoms with E-state index in [1.54, 1.807) is 0 Å². The number of ether oxygens (including phenoxy) is 1. The minimum atomic E-state index is -4.02. The molecule has 0 unspecified atom stereocenters. The lowest BCUT2D eigenvalue weighted by molar-refractivity contribution is -0.119. The molecule has 0 saturated heterocycles. The number of sulfonamides is 1. The second-order valence-electron chi connectivity index (χ2n) is 5.85. The summed E-state index contributed by atoms with van der Waals surface area (Å²) in [6.45, 7) is -0.605. The van der Waals surface area contributed by atoms with Crippen molar-refractivity contribution in [1.82, 2.24) is 4.98 Å². The van der Waals surface area contributed by atoms with Crippen molar-refractivity contribution < 1.29 is 22.7 Å². The van der Waals surface area contributed by atoms with E-state index in [2.05, 4.69) is 31.0 Å². The van der Waals surface area contributed by atoms with Gasteiger partial charge in [-0.05, 0) is 58.4 Å². The van der Waals surface area contributed by atoms with Crippen molar-refractivity contribution in [2.45, 2.75) is 4.90 Å². The van der Waals surface area contributed by atoms with Gasteiger partial charge in [0.25, 0.3) is 15.9 Å². The third-order valence-electron chi connectivity index (χ3n) is 3.62. The highest BCUT2D eigenvalue weighted by Gasteiger charge is 2.20. The summed E-state index contributed by atoms with van der Waals surface area (Å²) in [5, 5.41) is 3.21. The molecule has 162 valence electrons. The molecule has 31 heavy (non-hydrogen) atoms. The number of esters is 1. The van der Waals surface area contributed by atoms with Gasteiger partial charge in [-0.2, -0.15) is 0 Å².